The monoisotopic (exact) mass is 358 g/mol. The first-order chi connectivity index (χ1) is 12.1. The molecule has 3 atom stereocenters. The van der Waals surface area contributed by atoms with E-state index in [2.05, 4.69) is 9.97 Å². The number of nitrogens with two attached hydrogens (primary N) is 1. The van der Waals surface area contributed by atoms with E-state index in [1.54, 1.807) is 23.5 Å². The molecule has 1 aromatic carbocycles. The predicted molar refractivity (Wildman–Crippen MR) is 98.0 cm³/mol. The average Bonchev–Trinajstić information content (AvgIpc) is 3.12. The molecule has 1 amide bonds. The van der Waals surface area contributed by atoms with E-state index in [-0.39, 0.29) is 23.8 Å². The number of benzene rings is 1. The SMILES string of the molecule is CN(C(=O)[C@@H]1CCC[C@@H]1CN)C(c1ccc(Cl)cc1)c1cnccn1. The zero-order chi connectivity index (χ0) is 17.8. The number of rotatable bonds is 5. The summed E-state index contributed by atoms with van der Waals surface area (Å²) < 4.78 is 0. The third-order valence-corrected chi connectivity index (χ3v) is 5.31. The highest BCUT2D eigenvalue weighted by molar-refractivity contribution is 6.30. The minimum atomic E-state index is -0.294. The van der Waals surface area contributed by atoms with Gasteiger partial charge in [-0.25, -0.2) is 0 Å². The van der Waals surface area contributed by atoms with Crippen molar-refractivity contribution in [3.05, 3.63) is 59.1 Å². The quantitative estimate of drug-likeness (QED) is 0.891. The van der Waals surface area contributed by atoms with E-state index in [0.29, 0.717) is 11.6 Å². The van der Waals surface area contributed by atoms with Crippen molar-refractivity contribution in [2.45, 2.75) is 25.3 Å². The van der Waals surface area contributed by atoms with E-state index in [4.69, 9.17) is 17.3 Å². The lowest BCUT2D eigenvalue weighted by molar-refractivity contribution is -0.136. The molecule has 1 aliphatic rings. The van der Waals surface area contributed by atoms with Crippen LogP contribution < -0.4 is 5.73 Å². The molecule has 1 saturated carbocycles. The van der Waals surface area contributed by atoms with Crippen LogP contribution in [0.1, 0.15) is 36.6 Å². The van der Waals surface area contributed by atoms with Gasteiger partial charge in [-0.15, -0.1) is 0 Å². The van der Waals surface area contributed by atoms with E-state index in [1.807, 2.05) is 31.3 Å². The fourth-order valence-corrected chi connectivity index (χ4v) is 3.85. The van der Waals surface area contributed by atoms with Gasteiger partial charge in [0.05, 0.1) is 11.9 Å². The second-order valence-corrected chi connectivity index (χ2v) is 7.00. The number of amides is 1. The largest absolute Gasteiger partial charge is 0.333 e. The molecule has 0 bridgehead atoms. The third kappa shape index (κ3) is 3.83. The maximum absolute atomic E-state index is 13.2. The maximum atomic E-state index is 13.2. The van der Waals surface area contributed by atoms with Crippen LogP contribution in [0.4, 0.5) is 0 Å². The molecule has 6 heteroatoms. The van der Waals surface area contributed by atoms with Crippen molar-refractivity contribution in [1.82, 2.24) is 14.9 Å². The van der Waals surface area contributed by atoms with Crippen LogP contribution in [0.5, 0.6) is 0 Å². The summed E-state index contributed by atoms with van der Waals surface area (Å²) in [6, 6.07) is 7.23. The van der Waals surface area contributed by atoms with E-state index in [9.17, 15) is 4.79 Å². The zero-order valence-corrected chi connectivity index (χ0v) is 15.1. The van der Waals surface area contributed by atoms with Crippen LogP contribution in [0.15, 0.2) is 42.9 Å². The molecule has 3 rings (SSSR count). The maximum Gasteiger partial charge on any atom is 0.226 e. The highest BCUT2D eigenvalue weighted by Crippen LogP contribution is 2.35. The summed E-state index contributed by atoms with van der Waals surface area (Å²) in [7, 11) is 1.84. The van der Waals surface area contributed by atoms with Gasteiger partial charge in [0, 0.05) is 30.4 Å². The van der Waals surface area contributed by atoms with Gasteiger partial charge in [0.2, 0.25) is 5.91 Å². The van der Waals surface area contributed by atoms with Crippen LogP contribution in [-0.2, 0) is 4.79 Å². The number of hydrogen-bond acceptors (Lipinski definition) is 4. The lowest BCUT2D eigenvalue weighted by Gasteiger charge is -2.31. The van der Waals surface area contributed by atoms with E-state index in [0.717, 1.165) is 30.5 Å². The standard InChI is InChI=1S/C19H23ClN4O/c1-24(19(25)16-4-2-3-14(16)11-21)18(17-12-22-9-10-23-17)13-5-7-15(20)8-6-13/h5-10,12,14,16,18H,2-4,11,21H2,1H3/t14-,16-,18?/m1/s1. The summed E-state index contributed by atoms with van der Waals surface area (Å²) in [5.74, 6) is 0.378. The smallest absolute Gasteiger partial charge is 0.226 e. The molecule has 1 heterocycles. The minimum Gasteiger partial charge on any atom is -0.333 e. The molecule has 5 nitrogen and oxygen atoms in total. The Labute approximate surface area is 153 Å². The van der Waals surface area contributed by atoms with Crippen molar-refractivity contribution in [2.24, 2.45) is 17.6 Å². The Bertz CT molecular complexity index is 707. The number of hydrogen-bond donors (Lipinski definition) is 1. The lowest BCUT2D eigenvalue weighted by Crippen LogP contribution is -2.39. The first-order valence-electron chi connectivity index (χ1n) is 8.60. The molecular weight excluding hydrogens is 336 g/mol. The number of halogens is 1. The molecule has 1 fully saturated rings. The van der Waals surface area contributed by atoms with Crippen LogP contribution in [0.2, 0.25) is 5.02 Å². The molecule has 0 radical (unpaired) electrons. The molecule has 0 saturated heterocycles. The topological polar surface area (TPSA) is 72.1 Å². The third-order valence-electron chi connectivity index (χ3n) is 5.06. The zero-order valence-electron chi connectivity index (χ0n) is 14.3. The molecule has 132 valence electrons. The van der Waals surface area contributed by atoms with Gasteiger partial charge in [-0.2, -0.15) is 0 Å². The highest BCUT2D eigenvalue weighted by Gasteiger charge is 2.36. The normalized spacial score (nSPS) is 21.1. The molecule has 2 aromatic rings. The summed E-state index contributed by atoms with van der Waals surface area (Å²) >= 11 is 6.02. The average molecular weight is 359 g/mol. The van der Waals surface area contributed by atoms with Gasteiger partial charge < -0.3 is 10.6 Å². The fraction of sp³-hybridized carbons (Fsp3) is 0.421. The van der Waals surface area contributed by atoms with Gasteiger partial charge in [0.25, 0.3) is 0 Å². The summed E-state index contributed by atoms with van der Waals surface area (Å²) in [6.45, 7) is 0.557. The first kappa shape index (κ1) is 17.8. The molecule has 0 aliphatic heterocycles. The summed E-state index contributed by atoms with van der Waals surface area (Å²) in [5.41, 5.74) is 7.57. The molecule has 25 heavy (non-hydrogen) atoms. The number of carbonyl (C=O) groups excluding carboxylic acids is 1. The molecule has 0 spiro atoms. The molecule has 2 N–H and O–H groups in total. The van der Waals surface area contributed by atoms with E-state index < -0.39 is 0 Å². The summed E-state index contributed by atoms with van der Waals surface area (Å²) in [4.78, 5) is 23.6. The lowest BCUT2D eigenvalue weighted by atomic mass is 9.93. The van der Waals surface area contributed by atoms with Gasteiger partial charge in [0.15, 0.2) is 0 Å². The molecule has 1 aromatic heterocycles. The molecular formula is C19H23ClN4O. The van der Waals surface area contributed by atoms with Gasteiger partial charge in [-0.3, -0.25) is 14.8 Å². The summed E-state index contributed by atoms with van der Waals surface area (Å²) in [5, 5.41) is 0.662. The van der Waals surface area contributed by atoms with E-state index >= 15 is 0 Å². The predicted octanol–water partition coefficient (Wildman–Crippen LogP) is 3.05. The van der Waals surface area contributed by atoms with Gasteiger partial charge in [-0.05, 0) is 43.0 Å². The second-order valence-electron chi connectivity index (χ2n) is 6.57. The van der Waals surface area contributed by atoms with Crippen molar-refractivity contribution in [1.29, 1.82) is 0 Å². The van der Waals surface area contributed by atoms with Crippen LogP contribution >= 0.6 is 11.6 Å². The number of carbonyl (C=O) groups is 1. The fourth-order valence-electron chi connectivity index (χ4n) is 3.72. The molecule has 1 aliphatic carbocycles. The van der Waals surface area contributed by atoms with Crippen molar-refractivity contribution < 1.29 is 4.79 Å². The van der Waals surface area contributed by atoms with Crippen LogP contribution in [0.25, 0.3) is 0 Å². The number of nitrogens with zero attached hydrogens (tertiary/aromatic N) is 3. The van der Waals surface area contributed by atoms with Crippen molar-refractivity contribution in [3.63, 3.8) is 0 Å². The van der Waals surface area contributed by atoms with Gasteiger partial charge in [0.1, 0.15) is 6.04 Å². The van der Waals surface area contributed by atoms with E-state index in [1.165, 1.54) is 0 Å². The Hall–Kier alpha value is -1.98. The Balaban J connectivity index is 1.93. The van der Waals surface area contributed by atoms with Gasteiger partial charge in [-0.1, -0.05) is 30.2 Å². The number of aromatic nitrogens is 2. The van der Waals surface area contributed by atoms with Crippen LogP contribution in [0, 0.1) is 11.8 Å². The van der Waals surface area contributed by atoms with Crippen molar-refractivity contribution in [2.75, 3.05) is 13.6 Å². The van der Waals surface area contributed by atoms with Crippen LogP contribution in [-0.4, -0.2) is 34.4 Å². The Kier molecular flexibility index (Phi) is 5.66. The highest BCUT2D eigenvalue weighted by atomic mass is 35.5. The minimum absolute atomic E-state index is 0.0125. The van der Waals surface area contributed by atoms with Gasteiger partial charge >= 0.3 is 0 Å². The Morgan fingerprint density at radius 1 is 1.32 bits per heavy atom. The Morgan fingerprint density at radius 2 is 2.08 bits per heavy atom. The van der Waals surface area contributed by atoms with Crippen molar-refractivity contribution in [3.8, 4) is 0 Å². The Morgan fingerprint density at radius 3 is 2.72 bits per heavy atom. The van der Waals surface area contributed by atoms with Crippen LogP contribution in [0.3, 0.4) is 0 Å². The summed E-state index contributed by atoms with van der Waals surface area (Å²) in [6.07, 6.45) is 7.97. The van der Waals surface area contributed by atoms with Crippen molar-refractivity contribution >= 4 is 17.5 Å². The first-order valence-corrected chi connectivity index (χ1v) is 8.97. The second kappa shape index (κ2) is 7.93. The molecule has 1 unspecified atom stereocenters.